The molecule has 1 aliphatic rings. The Hall–Kier alpha value is -2.50. The third kappa shape index (κ3) is 6.77. The van der Waals surface area contributed by atoms with Crippen LogP contribution in [0.25, 0.3) is 0 Å². The molecule has 0 aliphatic carbocycles. The number of nitrogens with zero attached hydrogens (tertiary/aromatic N) is 2. The number of nitrogens with one attached hydrogen (secondary N) is 1. The number of hydrogen-bond acceptors (Lipinski definition) is 5. The normalized spacial score (nSPS) is 15.5. The Balaban J connectivity index is 1.57. The van der Waals surface area contributed by atoms with Crippen LogP contribution in [0.2, 0.25) is 0 Å². The lowest BCUT2D eigenvalue weighted by molar-refractivity contribution is -0.116. The smallest absolute Gasteiger partial charge is 0.243 e. The van der Waals surface area contributed by atoms with Crippen LogP contribution in [-0.2, 0) is 24.8 Å². The van der Waals surface area contributed by atoms with E-state index in [1.807, 2.05) is 0 Å². The van der Waals surface area contributed by atoms with E-state index in [1.54, 1.807) is 6.07 Å². The quantitative estimate of drug-likeness (QED) is 0.554. The number of halogens is 1. The summed E-state index contributed by atoms with van der Waals surface area (Å²) in [6, 6.07) is 11.6. The summed E-state index contributed by atoms with van der Waals surface area (Å²) in [5, 5.41) is 2.68. The summed E-state index contributed by atoms with van der Waals surface area (Å²) < 4.78 is 66.4. The molecular weight excluding hydrogens is 481 g/mol. The van der Waals surface area contributed by atoms with Gasteiger partial charge in [0.2, 0.25) is 26.0 Å². The molecule has 1 N–H and O–H groups in total. The number of carbonyl (C=O) groups is 1. The van der Waals surface area contributed by atoms with Gasteiger partial charge in [-0.15, -0.1) is 0 Å². The van der Waals surface area contributed by atoms with Crippen molar-refractivity contribution in [2.24, 2.45) is 0 Å². The second kappa shape index (κ2) is 11.3. The number of carbonyl (C=O) groups excluding carboxylic acids is 1. The Morgan fingerprint density at radius 2 is 1.59 bits per heavy atom. The Labute approximate surface area is 200 Å². The van der Waals surface area contributed by atoms with Crippen molar-refractivity contribution in [1.29, 1.82) is 0 Å². The third-order valence-corrected chi connectivity index (χ3v) is 8.72. The van der Waals surface area contributed by atoms with Crippen molar-refractivity contribution in [3.8, 4) is 0 Å². The highest BCUT2D eigenvalue weighted by Gasteiger charge is 2.25. The maximum atomic E-state index is 14.1. The van der Waals surface area contributed by atoms with Crippen LogP contribution in [-0.4, -0.2) is 52.9 Å². The molecule has 2 aromatic rings. The van der Waals surface area contributed by atoms with E-state index in [0.29, 0.717) is 18.8 Å². The van der Waals surface area contributed by atoms with E-state index in [0.717, 1.165) is 36.2 Å². The van der Waals surface area contributed by atoms with Crippen molar-refractivity contribution >= 4 is 37.3 Å². The molecule has 11 heteroatoms. The fraction of sp³-hybridized carbons (Fsp3) is 0.435. The van der Waals surface area contributed by atoms with E-state index in [4.69, 9.17) is 0 Å². The first-order valence-corrected chi connectivity index (χ1v) is 14.5. The summed E-state index contributed by atoms with van der Waals surface area (Å²) in [7, 11) is -7.30. The highest BCUT2D eigenvalue weighted by atomic mass is 32.2. The summed E-state index contributed by atoms with van der Waals surface area (Å²) in [6.07, 6.45) is 4.92. The van der Waals surface area contributed by atoms with Crippen molar-refractivity contribution < 1.29 is 26.0 Å². The fourth-order valence-corrected chi connectivity index (χ4v) is 6.35. The van der Waals surface area contributed by atoms with Gasteiger partial charge in [-0.2, -0.15) is 4.31 Å². The van der Waals surface area contributed by atoms with Crippen LogP contribution in [0.4, 0.5) is 15.8 Å². The highest BCUT2D eigenvalue weighted by molar-refractivity contribution is 7.92. The predicted octanol–water partition coefficient (Wildman–Crippen LogP) is 3.58. The van der Waals surface area contributed by atoms with Gasteiger partial charge in [-0.1, -0.05) is 25.0 Å². The Morgan fingerprint density at radius 3 is 2.18 bits per heavy atom. The van der Waals surface area contributed by atoms with Gasteiger partial charge >= 0.3 is 0 Å². The molecule has 1 fully saturated rings. The van der Waals surface area contributed by atoms with Gasteiger partial charge in [0.15, 0.2) is 0 Å². The number of sulfonamides is 2. The van der Waals surface area contributed by atoms with Crippen LogP contribution in [0.1, 0.15) is 38.5 Å². The van der Waals surface area contributed by atoms with Crippen LogP contribution in [0.5, 0.6) is 0 Å². The summed E-state index contributed by atoms with van der Waals surface area (Å²) in [5.41, 5.74) is 0.375. The van der Waals surface area contributed by atoms with Crippen LogP contribution in [0.3, 0.4) is 0 Å². The van der Waals surface area contributed by atoms with Crippen molar-refractivity contribution in [1.82, 2.24) is 4.31 Å². The van der Waals surface area contributed by atoms with Crippen LogP contribution in [0, 0.1) is 5.82 Å². The summed E-state index contributed by atoms with van der Waals surface area (Å²) in [6.45, 7) is 0.969. The standard InChI is InChI=1S/C23H30FN3O5S2/c1-33(29,30)27(22-10-5-4-9-21(22)24)18-8-11-23(28)25-19-12-14-20(15-13-19)34(31,32)26-16-6-2-3-7-17-26/h4-5,9-10,12-15H,2-3,6-8,11,16-18H2,1H3,(H,25,28). The Bertz CT molecular complexity index is 1190. The first kappa shape index (κ1) is 26.1. The number of amides is 1. The number of rotatable bonds is 9. The lowest BCUT2D eigenvalue weighted by Gasteiger charge is -2.22. The lowest BCUT2D eigenvalue weighted by atomic mass is 10.2. The minimum Gasteiger partial charge on any atom is -0.326 e. The zero-order valence-electron chi connectivity index (χ0n) is 19.1. The molecule has 0 bridgehead atoms. The largest absolute Gasteiger partial charge is 0.326 e. The molecule has 0 saturated carbocycles. The van der Waals surface area contributed by atoms with E-state index in [1.165, 1.54) is 46.8 Å². The second-order valence-electron chi connectivity index (χ2n) is 8.28. The molecule has 0 atom stereocenters. The van der Waals surface area contributed by atoms with Crippen molar-refractivity contribution in [3.63, 3.8) is 0 Å². The third-order valence-electron chi connectivity index (χ3n) is 5.63. The molecule has 186 valence electrons. The number of anilines is 2. The Morgan fingerprint density at radius 1 is 0.971 bits per heavy atom. The maximum Gasteiger partial charge on any atom is 0.243 e. The first-order chi connectivity index (χ1) is 16.1. The molecule has 2 aromatic carbocycles. The van der Waals surface area contributed by atoms with Crippen molar-refractivity contribution in [3.05, 3.63) is 54.3 Å². The first-order valence-electron chi connectivity index (χ1n) is 11.2. The molecular formula is C23H30FN3O5S2. The zero-order chi connectivity index (χ0) is 24.8. The second-order valence-corrected chi connectivity index (χ2v) is 12.1. The predicted molar refractivity (Wildman–Crippen MR) is 130 cm³/mol. The monoisotopic (exact) mass is 511 g/mol. The molecule has 1 heterocycles. The maximum absolute atomic E-state index is 14.1. The van der Waals surface area contributed by atoms with Gasteiger partial charge in [-0.05, 0) is 55.7 Å². The van der Waals surface area contributed by atoms with E-state index in [2.05, 4.69) is 5.32 Å². The number of hydrogen-bond donors (Lipinski definition) is 1. The zero-order valence-corrected chi connectivity index (χ0v) is 20.7. The summed E-state index contributed by atoms with van der Waals surface area (Å²) in [4.78, 5) is 12.5. The van der Waals surface area contributed by atoms with Gasteiger partial charge in [0.05, 0.1) is 16.8 Å². The topological polar surface area (TPSA) is 104 Å². The molecule has 0 spiro atoms. The summed E-state index contributed by atoms with van der Waals surface area (Å²) >= 11 is 0. The molecule has 1 amide bonds. The number of para-hydroxylation sites is 1. The highest BCUT2D eigenvalue weighted by Crippen LogP contribution is 2.23. The van der Waals surface area contributed by atoms with Gasteiger partial charge in [-0.25, -0.2) is 21.2 Å². The van der Waals surface area contributed by atoms with E-state index >= 15 is 0 Å². The van der Waals surface area contributed by atoms with Crippen LogP contribution >= 0.6 is 0 Å². The van der Waals surface area contributed by atoms with Gasteiger partial charge in [0.25, 0.3) is 0 Å². The minimum absolute atomic E-state index is 0.00823. The van der Waals surface area contributed by atoms with Gasteiger partial charge < -0.3 is 5.32 Å². The molecule has 3 rings (SSSR count). The Kier molecular flexibility index (Phi) is 8.67. The van der Waals surface area contributed by atoms with Crippen molar-refractivity contribution in [2.75, 3.05) is 35.5 Å². The van der Waals surface area contributed by atoms with Gasteiger partial charge in [0.1, 0.15) is 5.82 Å². The molecule has 1 aliphatic heterocycles. The average molecular weight is 512 g/mol. The molecule has 0 aromatic heterocycles. The van der Waals surface area contributed by atoms with Crippen LogP contribution < -0.4 is 9.62 Å². The van der Waals surface area contributed by atoms with E-state index in [-0.39, 0.29) is 35.9 Å². The lowest BCUT2D eigenvalue weighted by Crippen LogP contribution is -2.32. The molecule has 0 radical (unpaired) electrons. The average Bonchev–Trinajstić information content (AvgIpc) is 3.07. The SMILES string of the molecule is CS(=O)(=O)N(CCCC(=O)Nc1ccc(S(=O)(=O)N2CCCCCC2)cc1)c1ccccc1F. The molecule has 8 nitrogen and oxygen atoms in total. The van der Waals surface area contributed by atoms with Gasteiger partial charge in [-0.3, -0.25) is 9.10 Å². The molecule has 1 saturated heterocycles. The molecule has 0 unspecified atom stereocenters. The fourth-order valence-electron chi connectivity index (χ4n) is 3.87. The van der Waals surface area contributed by atoms with Gasteiger partial charge in [0, 0.05) is 31.7 Å². The van der Waals surface area contributed by atoms with E-state index < -0.39 is 25.9 Å². The van der Waals surface area contributed by atoms with E-state index in [9.17, 15) is 26.0 Å². The number of benzene rings is 2. The summed E-state index contributed by atoms with van der Waals surface area (Å²) in [5.74, 6) is -1.02. The molecule has 34 heavy (non-hydrogen) atoms. The van der Waals surface area contributed by atoms with Crippen LogP contribution in [0.15, 0.2) is 53.4 Å². The minimum atomic E-state index is -3.73. The van der Waals surface area contributed by atoms with Crippen molar-refractivity contribution in [2.45, 2.75) is 43.4 Å².